The van der Waals surface area contributed by atoms with E-state index in [-0.39, 0.29) is 21.7 Å². The Morgan fingerprint density at radius 1 is 0.500 bits per heavy atom. The molecule has 1 atom stereocenters. The van der Waals surface area contributed by atoms with Gasteiger partial charge < -0.3 is 4.90 Å². The second kappa shape index (κ2) is 15.8. The molecule has 0 fully saturated rings. The molecule has 0 bridgehead atoms. The van der Waals surface area contributed by atoms with Gasteiger partial charge in [-0.2, -0.15) is 0 Å². The lowest BCUT2D eigenvalue weighted by atomic mass is 9.65. The lowest BCUT2D eigenvalue weighted by molar-refractivity contribution is 0.586. The first-order chi connectivity index (χ1) is 33.5. The molecule has 350 valence electrons. The van der Waals surface area contributed by atoms with E-state index in [2.05, 4.69) is 238 Å². The van der Waals surface area contributed by atoms with Crippen molar-refractivity contribution in [1.29, 1.82) is 0 Å². The Hall–Kier alpha value is -6.44. The molecule has 0 saturated heterocycles. The normalized spacial score (nSPS) is 20.3. The maximum Gasteiger partial charge on any atom is 0.0710 e. The first kappa shape index (κ1) is 44.7. The maximum absolute atomic E-state index is 2.64. The van der Waals surface area contributed by atoms with Crippen LogP contribution in [0.2, 0.25) is 0 Å². The van der Waals surface area contributed by atoms with Crippen molar-refractivity contribution in [2.75, 3.05) is 4.90 Å². The van der Waals surface area contributed by atoms with Crippen molar-refractivity contribution in [2.45, 2.75) is 135 Å². The molecule has 6 aromatic carbocycles. The third-order valence-electron chi connectivity index (χ3n) is 17.2. The molecule has 6 aliphatic carbocycles. The zero-order valence-corrected chi connectivity index (χ0v) is 43.3. The molecule has 6 aromatic rings. The van der Waals surface area contributed by atoms with E-state index in [9.17, 15) is 0 Å². The number of benzene rings is 6. The van der Waals surface area contributed by atoms with E-state index >= 15 is 0 Å². The minimum Gasteiger partial charge on any atom is -0.314 e. The molecule has 70 heavy (non-hydrogen) atoms. The molecule has 0 N–H and O–H groups in total. The Morgan fingerprint density at radius 3 is 1.99 bits per heavy atom. The van der Waals surface area contributed by atoms with E-state index in [1.165, 1.54) is 117 Å². The lowest BCUT2D eigenvalue weighted by Crippen LogP contribution is -2.30. The standard InChI is InChI=1S/C69H69N/c1-65(2,3)47-32-35-56-62(40-47)69(45-23-13-11-14-24-45,46-25-15-12-16-26-46)63-41-48(66(4,5)6)39-57(64(56)63)44-22-21-27-49(38-44)70(50-33-36-54-52-28-17-19-30-58(52)67(7,8)60(54)42-50)51-34-37-55-53-29-18-20-31-59(53)68(9,10)61(55)43-51/h11,13-15,17,19,21-32,34-35,37-43H,12,16,18,20,33,36H2,1-10H3. The fraction of sp³-hybridized carbons (Fsp3) is 0.304. The predicted octanol–water partition coefficient (Wildman–Crippen LogP) is 18.5. The van der Waals surface area contributed by atoms with Crippen LogP contribution in [0.5, 0.6) is 0 Å². The molecule has 0 saturated carbocycles. The molecule has 0 amide bonds. The third-order valence-corrected chi connectivity index (χ3v) is 17.2. The number of fused-ring (bicyclic) bond motifs is 8. The number of allylic oxidation sites excluding steroid dienone is 12. The Balaban J connectivity index is 1.11. The highest BCUT2D eigenvalue weighted by Crippen LogP contribution is 2.61. The lowest BCUT2D eigenvalue weighted by Gasteiger charge is -2.37. The van der Waals surface area contributed by atoms with Crippen molar-refractivity contribution in [3.8, 4) is 22.3 Å². The summed E-state index contributed by atoms with van der Waals surface area (Å²) in [5.74, 6) is 0. The molecule has 6 aliphatic rings. The molecule has 0 heterocycles. The quantitative estimate of drug-likeness (QED) is 0.161. The van der Waals surface area contributed by atoms with Gasteiger partial charge >= 0.3 is 0 Å². The van der Waals surface area contributed by atoms with E-state index in [1.807, 2.05) is 0 Å². The van der Waals surface area contributed by atoms with E-state index in [0.29, 0.717) is 0 Å². The van der Waals surface area contributed by atoms with Crippen LogP contribution in [-0.4, -0.2) is 0 Å². The van der Waals surface area contributed by atoms with Crippen molar-refractivity contribution in [2.24, 2.45) is 0 Å². The monoisotopic (exact) mass is 912 g/mol. The average molecular weight is 912 g/mol. The van der Waals surface area contributed by atoms with Crippen LogP contribution in [0.4, 0.5) is 11.4 Å². The van der Waals surface area contributed by atoms with Gasteiger partial charge in [-0.15, -0.1) is 0 Å². The van der Waals surface area contributed by atoms with Crippen LogP contribution < -0.4 is 4.90 Å². The SMILES string of the molecule is CC(C)(C)c1ccc2c(c1)C(C1=CCCC=C1)(c1ccccc1)c1cc(C(C)(C)C)cc(-c3cccc(N(C4=CC5=C(CC4)c4ccccc4C5(C)C)c4ccc5c(c4)C(C)(C)C4=CCCC=C45)c3)c1-2. The summed E-state index contributed by atoms with van der Waals surface area (Å²) in [7, 11) is 0. The summed E-state index contributed by atoms with van der Waals surface area (Å²) in [5.41, 5.74) is 28.2. The maximum atomic E-state index is 2.64. The third kappa shape index (κ3) is 6.63. The molecule has 0 aromatic heterocycles. The van der Waals surface area contributed by atoms with Gasteiger partial charge in [0.2, 0.25) is 0 Å². The van der Waals surface area contributed by atoms with Crippen LogP contribution >= 0.6 is 0 Å². The van der Waals surface area contributed by atoms with Gasteiger partial charge in [0.1, 0.15) is 0 Å². The molecule has 0 radical (unpaired) electrons. The van der Waals surface area contributed by atoms with Crippen molar-refractivity contribution >= 4 is 22.5 Å². The number of hydrogen-bond donors (Lipinski definition) is 0. The smallest absolute Gasteiger partial charge is 0.0710 e. The molecule has 1 nitrogen and oxygen atoms in total. The minimum absolute atomic E-state index is 0.0139. The Bertz CT molecular complexity index is 3370. The molecule has 0 aliphatic heterocycles. The highest BCUT2D eigenvalue weighted by Gasteiger charge is 2.49. The molecular weight excluding hydrogens is 843 g/mol. The topological polar surface area (TPSA) is 3.24 Å². The fourth-order valence-electron chi connectivity index (χ4n) is 13.5. The van der Waals surface area contributed by atoms with Crippen molar-refractivity contribution in [3.63, 3.8) is 0 Å². The fourth-order valence-corrected chi connectivity index (χ4v) is 13.5. The number of hydrogen-bond acceptors (Lipinski definition) is 1. The largest absolute Gasteiger partial charge is 0.314 e. The van der Waals surface area contributed by atoms with Gasteiger partial charge in [-0.3, -0.25) is 0 Å². The van der Waals surface area contributed by atoms with E-state index < -0.39 is 5.41 Å². The van der Waals surface area contributed by atoms with E-state index in [0.717, 1.165) is 38.5 Å². The second-order valence-electron chi connectivity index (χ2n) is 24.2. The van der Waals surface area contributed by atoms with E-state index in [4.69, 9.17) is 0 Å². The van der Waals surface area contributed by atoms with Gasteiger partial charge in [0, 0.05) is 27.9 Å². The van der Waals surface area contributed by atoms with Crippen LogP contribution in [0.3, 0.4) is 0 Å². The summed E-state index contributed by atoms with van der Waals surface area (Å²) in [6.45, 7) is 24.0. The minimum atomic E-state index is -0.479. The summed E-state index contributed by atoms with van der Waals surface area (Å²) in [6, 6.07) is 50.2. The van der Waals surface area contributed by atoms with Crippen LogP contribution in [0.25, 0.3) is 33.4 Å². The Kier molecular flexibility index (Phi) is 10.1. The zero-order chi connectivity index (χ0) is 48.5. The molecule has 12 rings (SSSR count). The van der Waals surface area contributed by atoms with Crippen molar-refractivity contribution in [1.82, 2.24) is 0 Å². The number of anilines is 2. The van der Waals surface area contributed by atoms with Crippen molar-refractivity contribution in [3.05, 3.63) is 236 Å². The van der Waals surface area contributed by atoms with Crippen LogP contribution in [0.15, 0.2) is 186 Å². The van der Waals surface area contributed by atoms with Gasteiger partial charge in [-0.05, 0) is 186 Å². The van der Waals surface area contributed by atoms with Crippen LogP contribution in [0, 0.1) is 0 Å². The van der Waals surface area contributed by atoms with Gasteiger partial charge in [0.15, 0.2) is 0 Å². The van der Waals surface area contributed by atoms with Crippen LogP contribution in [-0.2, 0) is 27.1 Å². The average Bonchev–Trinajstić information content (AvgIpc) is 3.88. The first-order valence-electron chi connectivity index (χ1n) is 26.3. The predicted molar refractivity (Wildman–Crippen MR) is 298 cm³/mol. The molecule has 0 spiro atoms. The highest BCUT2D eigenvalue weighted by molar-refractivity contribution is 5.98. The first-order valence-corrected chi connectivity index (χ1v) is 26.3. The Labute approximate surface area is 418 Å². The van der Waals surface area contributed by atoms with Gasteiger partial charge in [0.05, 0.1) is 5.41 Å². The number of nitrogens with zero attached hydrogens (tertiary/aromatic N) is 1. The van der Waals surface area contributed by atoms with Gasteiger partial charge in [-0.25, -0.2) is 0 Å². The van der Waals surface area contributed by atoms with Gasteiger partial charge in [-0.1, -0.05) is 197 Å². The van der Waals surface area contributed by atoms with Gasteiger partial charge in [0.25, 0.3) is 0 Å². The number of rotatable bonds is 6. The second-order valence-corrected chi connectivity index (χ2v) is 24.2. The summed E-state index contributed by atoms with van der Waals surface area (Å²) < 4.78 is 0. The summed E-state index contributed by atoms with van der Waals surface area (Å²) in [5, 5.41) is 0. The molecular formula is C69H69N. The summed E-state index contributed by atoms with van der Waals surface area (Å²) >= 11 is 0. The summed E-state index contributed by atoms with van der Waals surface area (Å²) in [4.78, 5) is 2.64. The zero-order valence-electron chi connectivity index (χ0n) is 43.3. The molecule has 1 unspecified atom stereocenters. The van der Waals surface area contributed by atoms with Crippen molar-refractivity contribution < 1.29 is 0 Å². The van der Waals surface area contributed by atoms with E-state index in [1.54, 1.807) is 0 Å². The highest BCUT2D eigenvalue weighted by atomic mass is 15.1. The van der Waals surface area contributed by atoms with Crippen LogP contribution in [0.1, 0.15) is 158 Å². The molecule has 1 heteroatoms. The Morgan fingerprint density at radius 2 is 1.21 bits per heavy atom. The summed E-state index contributed by atoms with van der Waals surface area (Å²) in [6.07, 6.45) is 21.3.